The van der Waals surface area contributed by atoms with Crippen molar-refractivity contribution < 1.29 is 14.6 Å². The molecule has 0 aliphatic carbocycles. The van der Waals surface area contributed by atoms with Crippen molar-refractivity contribution in [1.29, 1.82) is 0 Å². The van der Waals surface area contributed by atoms with Crippen molar-refractivity contribution in [3.63, 3.8) is 0 Å². The smallest absolute Gasteiger partial charge is 0.124 e. The number of rotatable bonds is 12. The van der Waals surface area contributed by atoms with Crippen LogP contribution in [0.1, 0.15) is 26.7 Å². The van der Waals surface area contributed by atoms with Gasteiger partial charge in [0.25, 0.3) is 0 Å². The summed E-state index contributed by atoms with van der Waals surface area (Å²) in [6.07, 6.45) is 1.92. The summed E-state index contributed by atoms with van der Waals surface area (Å²) in [5.74, 6) is 1.87. The molecule has 3 N–H and O–H groups in total. The fourth-order valence-electron chi connectivity index (χ4n) is 3.41. The van der Waals surface area contributed by atoms with Crippen molar-refractivity contribution >= 4 is 21.5 Å². The summed E-state index contributed by atoms with van der Waals surface area (Å²) in [7, 11) is 0. The molecular weight excluding hydrogens is 364 g/mol. The molecule has 0 saturated carbocycles. The van der Waals surface area contributed by atoms with Crippen LogP contribution in [0.15, 0.2) is 42.5 Å². The number of benzene rings is 3. The molecule has 3 aromatic rings. The largest absolute Gasteiger partial charge is 0.507 e. The maximum atomic E-state index is 10.6. The standard InChI is InChI=1S/C24H32N2O3/c1-3-25-11-5-13-28-19-7-9-21-18(15-19)16-24(27)23-17-20(8-10-22(21)23)29-14-6-12-26-4-2/h7-10,15-17,25-27H,3-6,11-14H2,1-2H3. The van der Waals surface area contributed by atoms with Crippen molar-refractivity contribution in [1.82, 2.24) is 10.6 Å². The quantitative estimate of drug-likeness (QED) is 0.312. The van der Waals surface area contributed by atoms with E-state index in [0.717, 1.165) is 72.1 Å². The van der Waals surface area contributed by atoms with Crippen LogP contribution in [0, 0.1) is 0 Å². The first-order valence-electron chi connectivity index (χ1n) is 10.6. The van der Waals surface area contributed by atoms with Crippen LogP contribution in [0.3, 0.4) is 0 Å². The molecule has 0 unspecified atom stereocenters. The van der Waals surface area contributed by atoms with Gasteiger partial charge in [0.05, 0.1) is 13.2 Å². The SMILES string of the molecule is CCNCCCOc1ccc2c(c1)cc(O)c1cc(OCCCNCC)ccc12. The minimum absolute atomic E-state index is 0.259. The second-order valence-corrected chi connectivity index (χ2v) is 7.10. The molecule has 0 radical (unpaired) electrons. The minimum Gasteiger partial charge on any atom is -0.507 e. The zero-order valence-corrected chi connectivity index (χ0v) is 17.5. The van der Waals surface area contributed by atoms with Gasteiger partial charge in [0.2, 0.25) is 0 Å². The van der Waals surface area contributed by atoms with Gasteiger partial charge in [-0.1, -0.05) is 19.9 Å². The zero-order chi connectivity index (χ0) is 20.5. The van der Waals surface area contributed by atoms with Crippen molar-refractivity contribution in [2.45, 2.75) is 26.7 Å². The van der Waals surface area contributed by atoms with E-state index in [9.17, 15) is 5.11 Å². The van der Waals surface area contributed by atoms with E-state index < -0.39 is 0 Å². The van der Waals surface area contributed by atoms with Crippen molar-refractivity contribution in [2.75, 3.05) is 39.4 Å². The molecule has 0 aliphatic heterocycles. The predicted octanol–water partition coefficient (Wildman–Crippen LogP) is 4.46. The van der Waals surface area contributed by atoms with Crippen LogP contribution in [0.2, 0.25) is 0 Å². The third-order valence-corrected chi connectivity index (χ3v) is 4.91. The molecule has 3 aromatic carbocycles. The lowest BCUT2D eigenvalue weighted by atomic mass is 10.0. The van der Waals surface area contributed by atoms with Gasteiger partial charge in [-0.3, -0.25) is 0 Å². The zero-order valence-electron chi connectivity index (χ0n) is 17.5. The molecule has 0 aliphatic rings. The van der Waals surface area contributed by atoms with Crippen molar-refractivity contribution in [3.05, 3.63) is 42.5 Å². The Morgan fingerprint density at radius 3 is 1.93 bits per heavy atom. The number of fused-ring (bicyclic) bond motifs is 3. The summed E-state index contributed by atoms with van der Waals surface area (Å²) in [6.45, 7) is 9.37. The van der Waals surface area contributed by atoms with Gasteiger partial charge in [-0.25, -0.2) is 0 Å². The molecule has 0 atom stereocenters. The average molecular weight is 397 g/mol. The summed E-state index contributed by atoms with van der Waals surface area (Å²) in [4.78, 5) is 0. The Balaban J connectivity index is 1.73. The highest BCUT2D eigenvalue weighted by molar-refractivity contribution is 6.10. The van der Waals surface area contributed by atoms with E-state index in [4.69, 9.17) is 9.47 Å². The molecule has 3 rings (SSSR count). The monoisotopic (exact) mass is 396 g/mol. The normalized spacial score (nSPS) is 11.2. The Morgan fingerprint density at radius 1 is 0.724 bits per heavy atom. The van der Waals surface area contributed by atoms with Crippen LogP contribution in [0.5, 0.6) is 17.2 Å². The lowest BCUT2D eigenvalue weighted by Crippen LogP contribution is -2.16. The van der Waals surface area contributed by atoms with Crippen molar-refractivity contribution in [2.24, 2.45) is 0 Å². The van der Waals surface area contributed by atoms with Crippen LogP contribution >= 0.6 is 0 Å². The van der Waals surface area contributed by atoms with Gasteiger partial charge in [-0.15, -0.1) is 0 Å². The maximum Gasteiger partial charge on any atom is 0.124 e. The molecule has 0 fully saturated rings. The van der Waals surface area contributed by atoms with Gasteiger partial charge < -0.3 is 25.2 Å². The second-order valence-electron chi connectivity index (χ2n) is 7.10. The fraction of sp³-hybridized carbons (Fsp3) is 0.417. The number of phenolic OH excluding ortho intramolecular Hbond substituents is 1. The summed E-state index contributed by atoms with van der Waals surface area (Å²) >= 11 is 0. The van der Waals surface area contributed by atoms with Crippen molar-refractivity contribution in [3.8, 4) is 17.2 Å². The van der Waals surface area contributed by atoms with E-state index in [2.05, 4.69) is 30.5 Å². The molecule has 5 nitrogen and oxygen atoms in total. The summed E-state index contributed by atoms with van der Waals surface area (Å²) in [5, 5.41) is 21.0. The molecule has 5 heteroatoms. The molecular formula is C24H32N2O3. The van der Waals surface area contributed by atoms with Gasteiger partial charge in [0, 0.05) is 5.39 Å². The first-order valence-corrected chi connectivity index (χ1v) is 10.6. The highest BCUT2D eigenvalue weighted by atomic mass is 16.5. The molecule has 0 heterocycles. The Morgan fingerprint density at radius 2 is 1.31 bits per heavy atom. The second kappa shape index (κ2) is 10.9. The van der Waals surface area contributed by atoms with Crippen LogP contribution in [-0.2, 0) is 0 Å². The van der Waals surface area contributed by atoms with Gasteiger partial charge >= 0.3 is 0 Å². The summed E-state index contributed by atoms with van der Waals surface area (Å²) in [5.41, 5.74) is 0. The topological polar surface area (TPSA) is 62.8 Å². The first-order chi connectivity index (χ1) is 14.2. The van der Waals surface area contributed by atoms with E-state index in [1.807, 2.05) is 30.3 Å². The Labute approximate surface area is 173 Å². The average Bonchev–Trinajstić information content (AvgIpc) is 2.73. The highest BCUT2D eigenvalue weighted by Gasteiger charge is 2.09. The van der Waals surface area contributed by atoms with E-state index in [0.29, 0.717) is 13.2 Å². The van der Waals surface area contributed by atoms with Crippen LogP contribution in [-0.4, -0.2) is 44.5 Å². The van der Waals surface area contributed by atoms with Gasteiger partial charge in [0.15, 0.2) is 0 Å². The van der Waals surface area contributed by atoms with E-state index in [-0.39, 0.29) is 5.75 Å². The number of aromatic hydroxyl groups is 1. The van der Waals surface area contributed by atoms with Gasteiger partial charge in [0.1, 0.15) is 17.2 Å². The molecule has 0 bridgehead atoms. The lowest BCUT2D eigenvalue weighted by Gasteiger charge is -2.12. The van der Waals surface area contributed by atoms with E-state index in [1.165, 1.54) is 0 Å². The molecule has 0 saturated heterocycles. The fourth-order valence-corrected chi connectivity index (χ4v) is 3.41. The van der Waals surface area contributed by atoms with Crippen LogP contribution < -0.4 is 20.1 Å². The summed E-state index contributed by atoms with van der Waals surface area (Å²) < 4.78 is 11.7. The van der Waals surface area contributed by atoms with Gasteiger partial charge in [-0.2, -0.15) is 0 Å². The molecule has 156 valence electrons. The number of ether oxygens (including phenoxy) is 2. The van der Waals surface area contributed by atoms with Crippen LogP contribution in [0.4, 0.5) is 0 Å². The molecule has 0 amide bonds. The lowest BCUT2D eigenvalue weighted by molar-refractivity contribution is 0.309. The Hall–Kier alpha value is -2.50. The number of phenols is 1. The van der Waals surface area contributed by atoms with E-state index >= 15 is 0 Å². The van der Waals surface area contributed by atoms with Crippen LogP contribution in [0.25, 0.3) is 21.5 Å². The number of nitrogens with one attached hydrogen (secondary N) is 2. The highest BCUT2D eigenvalue weighted by Crippen LogP contribution is 2.36. The molecule has 0 aromatic heterocycles. The minimum atomic E-state index is 0.259. The van der Waals surface area contributed by atoms with E-state index in [1.54, 1.807) is 6.07 Å². The summed E-state index contributed by atoms with van der Waals surface area (Å²) in [6, 6.07) is 13.8. The molecule has 0 spiro atoms. The maximum absolute atomic E-state index is 10.6. The first kappa shape index (κ1) is 21.2. The predicted molar refractivity (Wildman–Crippen MR) is 120 cm³/mol. The Kier molecular flexibility index (Phi) is 7.96. The third kappa shape index (κ3) is 5.75. The molecule has 29 heavy (non-hydrogen) atoms. The Bertz CT molecular complexity index is 927. The third-order valence-electron chi connectivity index (χ3n) is 4.91. The van der Waals surface area contributed by atoms with Gasteiger partial charge in [-0.05, 0) is 91.6 Å². The number of hydrogen-bond donors (Lipinski definition) is 3. The number of hydrogen-bond acceptors (Lipinski definition) is 5.